The minimum absolute atomic E-state index is 0. The first-order valence-electron chi connectivity index (χ1n) is 15.8. The van der Waals surface area contributed by atoms with E-state index < -0.39 is 0 Å². The summed E-state index contributed by atoms with van der Waals surface area (Å²) in [6.07, 6.45) is 2.28. The first-order valence-corrected chi connectivity index (χ1v) is 15.8. The molecule has 0 saturated carbocycles. The van der Waals surface area contributed by atoms with Crippen LogP contribution in [-0.2, 0) is 25.2 Å². The van der Waals surface area contributed by atoms with Crippen LogP contribution in [-0.4, -0.2) is 38.5 Å². The van der Waals surface area contributed by atoms with Crippen LogP contribution in [0.25, 0.3) is 0 Å². The van der Waals surface area contributed by atoms with Crippen molar-refractivity contribution in [3.63, 3.8) is 0 Å². The number of rotatable bonds is 12. The lowest BCUT2D eigenvalue weighted by Crippen LogP contribution is -2.23. The van der Waals surface area contributed by atoms with Crippen LogP contribution < -0.4 is 31.0 Å². The molecule has 0 heterocycles. The third-order valence-electron chi connectivity index (χ3n) is 5.69. The second-order valence-corrected chi connectivity index (χ2v) is 13.4. The van der Waals surface area contributed by atoms with Gasteiger partial charge in [0.15, 0.2) is 11.5 Å². The van der Waals surface area contributed by atoms with Crippen LogP contribution in [0.1, 0.15) is 92.0 Å². The number of hydrogen-bond acceptors (Lipinski definition) is 9. The van der Waals surface area contributed by atoms with Gasteiger partial charge in [-0.05, 0) is 66.0 Å². The summed E-state index contributed by atoms with van der Waals surface area (Å²) in [5.74, 6) is 3.11. The number of hydrogen-bond donors (Lipinski definition) is 3. The second kappa shape index (κ2) is 25.0. The molecule has 0 unspecified atom stereocenters. The van der Waals surface area contributed by atoms with E-state index in [1.54, 1.807) is 12.1 Å². The molecule has 9 heteroatoms. The van der Waals surface area contributed by atoms with E-state index in [0.717, 1.165) is 58.5 Å². The van der Waals surface area contributed by atoms with Crippen molar-refractivity contribution in [3.05, 3.63) is 89.0 Å². The van der Waals surface area contributed by atoms with Crippen LogP contribution >= 0.6 is 0 Å². The Balaban J connectivity index is 0. The smallest absolute Gasteiger partial charge is 0.151 e. The van der Waals surface area contributed by atoms with Crippen molar-refractivity contribution in [1.29, 1.82) is 0 Å². The van der Waals surface area contributed by atoms with Gasteiger partial charge in [-0.2, -0.15) is 0 Å². The molecule has 0 spiro atoms. The minimum Gasteiger partial charge on any atom is -0.408 e. The highest BCUT2D eigenvalue weighted by Crippen LogP contribution is 2.32. The Kier molecular flexibility index (Phi) is 24.0. The molecule has 48 heavy (non-hydrogen) atoms. The summed E-state index contributed by atoms with van der Waals surface area (Å²) in [5.41, 5.74) is 12.3. The summed E-state index contributed by atoms with van der Waals surface area (Å²) in [6, 6.07) is 21.4. The van der Waals surface area contributed by atoms with Crippen LogP contribution in [0.5, 0.6) is 17.2 Å². The van der Waals surface area contributed by atoms with Crippen LogP contribution in [0, 0.1) is 19.8 Å². The topological polar surface area (TPSA) is 115 Å². The average molecular weight is 668 g/mol. The SMILES string of the molecule is C.CC(C)C.Cc1ccc(C(C)(C)C)c(ONCC=O)c1.Cc1ccc(C(C)(C)C)c(ONCC=O)c1.O=CCNOc1ccccc1. The molecule has 3 aromatic carbocycles. The summed E-state index contributed by atoms with van der Waals surface area (Å²) >= 11 is 0. The summed E-state index contributed by atoms with van der Waals surface area (Å²) < 4.78 is 0. The highest BCUT2D eigenvalue weighted by atomic mass is 16.7. The highest BCUT2D eigenvalue weighted by Gasteiger charge is 2.20. The summed E-state index contributed by atoms with van der Waals surface area (Å²) in [5, 5.41) is 0. The molecule has 0 fully saturated rings. The first kappa shape index (κ1) is 46.1. The number of para-hydroxylation sites is 1. The van der Waals surface area contributed by atoms with Crippen molar-refractivity contribution in [2.24, 2.45) is 5.92 Å². The normalized spacial score (nSPS) is 10.3. The molecule has 0 aliphatic rings. The highest BCUT2D eigenvalue weighted by molar-refractivity contribution is 5.52. The Morgan fingerprint density at radius 3 is 1.23 bits per heavy atom. The third kappa shape index (κ3) is 21.7. The zero-order valence-corrected chi connectivity index (χ0v) is 30.2. The number of carbonyl (C=O) groups is 3. The molecule has 3 rings (SSSR count). The molecule has 268 valence electrons. The van der Waals surface area contributed by atoms with Gasteiger partial charge in [0.1, 0.15) is 24.6 Å². The quantitative estimate of drug-likeness (QED) is 0.101. The van der Waals surface area contributed by atoms with Gasteiger partial charge in [-0.3, -0.25) is 0 Å². The van der Waals surface area contributed by atoms with Crippen molar-refractivity contribution in [2.75, 3.05) is 19.6 Å². The fourth-order valence-corrected chi connectivity index (χ4v) is 3.62. The van der Waals surface area contributed by atoms with Gasteiger partial charge in [0.25, 0.3) is 0 Å². The van der Waals surface area contributed by atoms with E-state index in [1.807, 2.05) is 44.2 Å². The molecule has 0 aromatic heterocycles. The van der Waals surface area contributed by atoms with E-state index in [2.05, 4.69) is 103 Å². The van der Waals surface area contributed by atoms with Crippen molar-refractivity contribution in [2.45, 2.75) is 94.4 Å². The lowest BCUT2D eigenvalue weighted by atomic mass is 9.86. The fourth-order valence-electron chi connectivity index (χ4n) is 3.62. The molecule has 3 N–H and O–H groups in total. The number of hydroxylamine groups is 3. The van der Waals surface area contributed by atoms with Gasteiger partial charge in [0.2, 0.25) is 0 Å². The fraction of sp³-hybridized carbons (Fsp3) is 0.462. The lowest BCUT2D eigenvalue weighted by Gasteiger charge is -2.22. The molecule has 0 aliphatic heterocycles. The van der Waals surface area contributed by atoms with Gasteiger partial charge in [-0.1, -0.05) is 112 Å². The predicted molar refractivity (Wildman–Crippen MR) is 198 cm³/mol. The Bertz CT molecular complexity index is 1220. The minimum atomic E-state index is 0. The molecule has 0 amide bonds. The number of benzene rings is 3. The number of carbonyl (C=O) groups excluding carboxylic acids is 3. The second-order valence-electron chi connectivity index (χ2n) is 13.4. The zero-order chi connectivity index (χ0) is 35.9. The van der Waals surface area contributed by atoms with Crippen LogP contribution in [0.15, 0.2) is 66.7 Å². The Hall–Kier alpha value is -4.05. The monoisotopic (exact) mass is 667 g/mol. The molecule has 0 bridgehead atoms. The van der Waals surface area contributed by atoms with Gasteiger partial charge in [-0.15, -0.1) is 16.4 Å². The maximum atomic E-state index is 10.2. The van der Waals surface area contributed by atoms with E-state index >= 15 is 0 Å². The van der Waals surface area contributed by atoms with Gasteiger partial charge in [-0.25, -0.2) is 0 Å². The van der Waals surface area contributed by atoms with Crippen molar-refractivity contribution in [3.8, 4) is 17.2 Å². The molecule has 9 nitrogen and oxygen atoms in total. The number of nitrogens with one attached hydrogen (secondary N) is 3. The molecule has 3 aromatic rings. The van der Waals surface area contributed by atoms with Crippen molar-refractivity contribution < 1.29 is 28.9 Å². The maximum absolute atomic E-state index is 10.2. The Morgan fingerprint density at radius 2 is 0.917 bits per heavy atom. The molecule has 0 atom stereocenters. The third-order valence-corrected chi connectivity index (χ3v) is 5.69. The zero-order valence-electron chi connectivity index (χ0n) is 30.2. The van der Waals surface area contributed by atoms with Gasteiger partial charge >= 0.3 is 0 Å². The molecular formula is C39H61N3O6. The molecule has 0 radical (unpaired) electrons. The van der Waals surface area contributed by atoms with E-state index in [-0.39, 0.29) is 37.9 Å². The van der Waals surface area contributed by atoms with E-state index in [4.69, 9.17) is 14.5 Å². The molecule has 0 aliphatic carbocycles. The summed E-state index contributed by atoms with van der Waals surface area (Å²) in [6.45, 7) is 23.9. The van der Waals surface area contributed by atoms with Crippen LogP contribution in [0.2, 0.25) is 0 Å². The average Bonchev–Trinajstić information content (AvgIpc) is 2.97. The standard InChI is InChI=1S/2C13H19NO2.C8H9NO2.C4H10.CH4/c2*1-10-5-6-11(13(2,3)4)12(9-10)16-14-7-8-15;10-7-6-9-11-8-4-2-1-3-5-8;1-4(2)3;/h2*5-6,8-9,14H,7H2,1-4H3;1-5,7,9H,6H2;4H,1-3H3;1H4. The Labute approximate surface area is 290 Å². The van der Waals surface area contributed by atoms with Crippen LogP contribution in [0.3, 0.4) is 0 Å². The van der Waals surface area contributed by atoms with Crippen LogP contribution in [0.4, 0.5) is 0 Å². The van der Waals surface area contributed by atoms with Gasteiger partial charge in [0.05, 0.1) is 19.6 Å². The summed E-state index contributed by atoms with van der Waals surface area (Å²) in [7, 11) is 0. The summed E-state index contributed by atoms with van der Waals surface area (Å²) in [4.78, 5) is 46.0. The van der Waals surface area contributed by atoms with Crippen molar-refractivity contribution >= 4 is 18.9 Å². The van der Waals surface area contributed by atoms with E-state index in [9.17, 15) is 14.4 Å². The maximum Gasteiger partial charge on any atom is 0.151 e. The van der Waals surface area contributed by atoms with Crippen molar-refractivity contribution in [1.82, 2.24) is 16.4 Å². The molecular weight excluding hydrogens is 606 g/mol. The molecule has 0 saturated heterocycles. The largest absolute Gasteiger partial charge is 0.408 e. The van der Waals surface area contributed by atoms with E-state index in [0.29, 0.717) is 5.75 Å². The number of aldehydes is 3. The predicted octanol–water partition coefficient (Wildman–Crippen LogP) is 7.82. The van der Waals surface area contributed by atoms with Gasteiger partial charge in [0, 0.05) is 11.1 Å². The lowest BCUT2D eigenvalue weighted by molar-refractivity contribution is -0.109. The van der Waals surface area contributed by atoms with Gasteiger partial charge < -0.3 is 28.9 Å². The first-order chi connectivity index (χ1) is 22.1. The Morgan fingerprint density at radius 1 is 0.583 bits per heavy atom. The number of aryl methyl sites for hydroxylation is 2. The van der Waals surface area contributed by atoms with E-state index in [1.165, 1.54) is 0 Å².